The van der Waals surface area contributed by atoms with Crippen LogP contribution in [0.25, 0.3) is 6.08 Å². The normalized spacial score (nSPS) is 10.7. The van der Waals surface area contributed by atoms with Crippen LogP contribution in [-0.2, 0) is 4.79 Å². The Hall–Kier alpha value is -1.81. The Morgan fingerprint density at radius 3 is 2.61 bits per heavy atom. The zero-order chi connectivity index (χ0) is 13.2. The number of nitrogens with two attached hydrogens (primary N) is 1. The smallest absolute Gasteiger partial charge is 0.243 e. The molecule has 0 saturated heterocycles. The number of amides is 1. The molecule has 4 heteroatoms. The average molecular weight is 248 g/mol. The lowest BCUT2D eigenvalue weighted by molar-refractivity contribution is -0.116. The topological polar surface area (TPSA) is 75.4 Å². The van der Waals surface area contributed by atoms with Crippen LogP contribution in [0.5, 0.6) is 0 Å². The van der Waals surface area contributed by atoms with Gasteiger partial charge in [-0.25, -0.2) is 0 Å². The fourth-order valence-corrected chi connectivity index (χ4v) is 1.46. The maximum atomic E-state index is 11.4. The van der Waals surface area contributed by atoms with E-state index in [1.165, 1.54) is 6.08 Å². The third kappa shape index (κ3) is 6.06. The van der Waals surface area contributed by atoms with Gasteiger partial charge in [-0.3, -0.25) is 4.79 Å². The van der Waals surface area contributed by atoms with Crippen LogP contribution in [0, 0.1) is 0 Å². The quantitative estimate of drug-likeness (QED) is 0.389. The predicted octanol–water partition coefficient (Wildman–Crippen LogP) is 1.56. The summed E-state index contributed by atoms with van der Waals surface area (Å²) in [5, 5.41) is 11.4. The minimum absolute atomic E-state index is 0.101. The lowest BCUT2D eigenvalue weighted by Crippen LogP contribution is -2.22. The van der Waals surface area contributed by atoms with E-state index in [4.69, 9.17) is 10.8 Å². The number of anilines is 1. The second-order valence-corrected chi connectivity index (χ2v) is 4.08. The summed E-state index contributed by atoms with van der Waals surface area (Å²) in [5.74, 6) is -0.101. The number of nitrogen functional groups attached to an aromatic ring is 1. The summed E-state index contributed by atoms with van der Waals surface area (Å²) < 4.78 is 0. The molecule has 0 unspecified atom stereocenters. The summed E-state index contributed by atoms with van der Waals surface area (Å²) in [5.41, 5.74) is 7.22. The Balaban J connectivity index is 2.25. The van der Waals surface area contributed by atoms with Crippen molar-refractivity contribution in [2.24, 2.45) is 0 Å². The van der Waals surface area contributed by atoms with Crippen molar-refractivity contribution in [1.82, 2.24) is 5.32 Å². The van der Waals surface area contributed by atoms with Crippen molar-refractivity contribution >= 4 is 17.7 Å². The van der Waals surface area contributed by atoms with Gasteiger partial charge in [-0.05, 0) is 43.0 Å². The van der Waals surface area contributed by atoms with E-state index in [1.54, 1.807) is 18.2 Å². The van der Waals surface area contributed by atoms with Gasteiger partial charge in [0.1, 0.15) is 0 Å². The first kappa shape index (κ1) is 14.3. The van der Waals surface area contributed by atoms with E-state index in [1.807, 2.05) is 12.1 Å². The highest BCUT2D eigenvalue weighted by Crippen LogP contribution is 2.06. The van der Waals surface area contributed by atoms with Gasteiger partial charge in [0.15, 0.2) is 0 Å². The molecule has 1 aromatic rings. The highest BCUT2D eigenvalue weighted by Gasteiger charge is 1.95. The van der Waals surface area contributed by atoms with Crippen molar-refractivity contribution in [3.05, 3.63) is 35.9 Å². The highest BCUT2D eigenvalue weighted by atomic mass is 16.2. The first-order valence-corrected chi connectivity index (χ1v) is 6.14. The van der Waals surface area contributed by atoms with Gasteiger partial charge in [0.2, 0.25) is 5.91 Å². The molecule has 0 saturated carbocycles. The monoisotopic (exact) mass is 248 g/mol. The van der Waals surface area contributed by atoms with E-state index in [-0.39, 0.29) is 12.5 Å². The Bertz CT molecular complexity index is 385. The van der Waals surface area contributed by atoms with E-state index in [9.17, 15) is 4.79 Å². The van der Waals surface area contributed by atoms with Crippen LogP contribution in [0.2, 0.25) is 0 Å². The Morgan fingerprint density at radius 2 is 1.94 bits per heavy atom. The van der Waals surface area contributed by atoms with Crippen LogP contribution >= 0.6 is 0 Å². The first-order chi connectivity index (χ1) is 8.72. The largest absolute Gasteiger partial charge is 0.399 e. The summed E-state index contributed by atoms with van der Waals surface area (Å²) in [7, 11) is 0. The number of hydrogen-bond donors (Lipinski definition) is 3. The van der Waals surface area contributed by atoms with Gasteiger partial charge >= 0.3 is 0 Å². The van der Waals surface area contributed by atoms with Crippen LogP contribution in [0.1, 0.15) is 24.8 Å². The summed E-state index contributed by atoms with van der Waals surface area (Å²) in [4.78, 5) is 11.4. The molecule has 0 fully saturated rings. The molecule has 0 aliphatic rings. The molecule has 0 radical (unpaired) electrons. The number of benzene rings is 1. The van der Waals surface area contributed by atoms with Crippen LogP contribution in [0.4, 0.5) is 5.69 Å². The third-order valence-corrected chi connectivity index (χ3v) is 2.50. The Labute approximate surface area is 108 Å². The number of carbonyl (C=O) groups is 1. The molecule has 4 nitrogen and oxygen atoms in total. The van der Waals surface area contributed by atoms with Gasteiger partial charge in [-0.15, -0.1) is 0 Å². The number of aliphatic hydroxyl groups excluding tert-OH is 1. The fraction of sp³-hybridized carbons (Fsp3) is 0.357. The van der Waals surface area contributed by atoms with Crippen molar-refractivity contribution in [3.8, 4) is 0 Å². The van der Waals surface area contributed by atoms with Gasteiger partial charge in [0.25, 0.3) is 0 Å². The number of aliphatic hydroxyl groups is 1. The van der Waals surface area contributed by atoms with Crippen molar-refractivity contribution in [1.29, 1.82) is 0 Å². The van der Waals surface area contributed by atoms with Crippen molar-refractivity contribution in [3.63, 3.8) is 0 Å². The average Bonchev–Trinajstić information content (AvgIpc) is 2.38. The standard InChI is InChI=1S/C14H20N2O2/c15-13-7-4-12(5-8-13)6-9-14(18)16-10-2-1-3-11-17/h4-9,17H,1-3,10-11,15H2,(H,16,18)/b9-6+. The van der Waals surface area contributed by atoms with Crippen molar-refractivity contribution in [2.45, 2.75) is 19.3 Å². The second-order valence-electron chi connectivity index (χ2n) is 4.08. The molecular weight excluding hydrogens is 228 g/mol. The van der Waals surface area contributed by atoms with Crippen molar-refractivity contribution in [2.75, 3.05) is 18.9 Å². The molecule has 98 valence electrons. The summed E-state index contributed by atoms with van der Waals surface area (Å²) in [6, 6.07) is 7.32. The Morgan fingerprint density at radius 1 is 1.22 bits per heavy atom. The number of hydrogen-bond acceptors (Lipinski definition) is 3. The van der Waals surface area contributed by atoms with E-state index in [2.05, 4.69) is 5.32 Å². The molecular formula is C14H20N2O2. The molecule has 0 heterocycles. The summed E-state index contributed by atoms with van der Waals surface area (Å²) in [6.45, 7) is 0.857. The highest BCUT2D eigenvalue weighted by molar-refractivity contribution is 5.91. The molecule has 0 aromatic heterocycles. The molecule has 1 amide bonds. The molecule has 0 atom stereocenters. The minimum Gasteiger partial charge on any atom is -0.399 e. The molecule has 0 bridgehead atoms. The van der Waals surface area contributed by atoms with Gasteiger partial charge in [-0.1, -0.05) is 12.1 Å². The molecule has 0 aliphatic carbocycles. The van der Waals surface area contributed by atoms with E-state index in [0.29, 0.717) is 12.2 Å². The number of nitrogens with one attached hydrogen (secondary N) is 1. The molecule has 4 N–H and O–H groups in total. The van der Waals surface area contributed by atoms with E-state index < -0.39 is 0 Å². The zero-order valence-corrected chi connectivity index (χ0v) is 10.4. The van der Waals surface area contributed by atoms with Crippen LogP contribution < -0.4 is 11.1 Å². The summed E-state index contributed by atoms with van der Waals surface area (Å²) >= 11 is 0. The molecule has 0 spiro atoms. The van der Waals surface area contributed by atoms with Gasteiger partial charge in [0.05, 0.1) is 0 Å². The first-order valence-electron chi connectivity index (χ1n) is 6.14. The lowest BCUT2D eigenvalue weighted by Gasteiger charge is -2.01. The van der Waals surface area contributed by atoms with Gasteiger partial charge in [0, 0.05) is 24.9 Å². The zero-order valence-electron chi connectivity index (χ0n) is 10.4. The molecule has 0 aliphatic heterocycles. The minimum atomic E-state index is -0.101. The number of unbranched alkanes of at least 4 members (excludes halogenated alkanes) is 2. The van der Waals surface area contributed by atoms with Crippen molar-refractivity contribution < 1.29 is 9.90 Å². The van der Waals surface area contributed by atoms with Gasteiger partial charge < -0.3 is 16.2 Å². The maximum absolute atomic E-state index is 11.4. The van der Waals surface area contributed by atoms with Crippen LogP contribution in [-0.4, -0.2) is 24.2 Å². The molecule has 1 aromatic carbocycles. The fourth-order valence-electron chi connectivity index (χ4n) is 1.46. The number of rotatable bonds is 7. The van der Waals surface area contributed by atoms with E-state index >= 15 is 0 Å². The summed E-state index contributed by atoms with van der Waals surface area (Å²) in [6.07, 6.45) is 5.87. The molecule has 1 rings (SSSR count). The van der Waals surface area contributed by atoms with Crippen LogP contribution in [0.15, 0.2) is 30.3 Å². The second kappa shape index (κ2) is 8.31. The van der Waals surface area contributed by atoms with Crippen LogP contribution in [0.3, 0.4) is 0 Å². The third-order valence-electron chi connectivity index (χ3n) is 2.50. The molecule has 18 heavy (non-hydrogen) atoms. The van der Waals surface area contributed by atoms with Gasteiger partial charge in [-0.2, -0.15) is 0 Å². The van der Waals surface area contributed by atoms with E-state index in [0.717, 1.165) is 24.8 Å². The SMILES string of the molecule is Nc1ccc(/C=C/C(=O)NCCCCCO)cc1. The lowest BCUT2D eigenvalue weighted by atomic mass is 10.2. The Kier molecular flexibility index (Phi) is 6.58. The predicted molar refractivity (Wildman–Crippen MR) is 73.8 cm³/mol. The number of carbonyl (C=O) groups excluding carboxylic acids is 1. The maximum Gasteiger partial charge on any atom is 0.243 e.